The number of carbonyl (C=O) groups is 1. The second kappa shape index (κ2) is 10.8. The van der Waals surface area contributed by atoms with Crippen molar-refractivity contribution < 1.29 is 9.53 Å². The fourth-order valence-electron chi connectivity index (χ4n) is 2.66. The van der Waals surface area contributed by atoms with Crippen LogP contribution in [0.25, 0.3) is 0 Å². The van der Waals surface area contributed by atoms with E-state index in [1.54, 1.807) is 24.3 Å². The molecule has 0 spiro atoms. The lowest BCUT2D eigenvalue weighted by atomic mass is 10.1. The van der Waals surface area contributed by atoms with E-state index in [9.17, 15) is 10.1 Å². The van der Waals surface area contributed by atoms with Crippen molar-refractivity contribution in [3.63, 3.8) is 0 Å². The fraction of sp³-hybridized carbons (Fsp3) is 0.0833. The van der Waals surface area contributed by atoms with E-state index in [0.29, 0.717) is 18.0 Å². The first-order valence-electron chi connectivity index (χ1n) is 9.36. The molecule has 0 saturated heterocycles. The van der Waals surface area contributed by atoms with Gasteiger partial charge in [0.15, 0.2) is 0 Å². The highest BCUT2D eigenvalue weighted by molar-refractivity contribution is 9.10. The van der Waals surface area contributed by atoms with E-state index in [-0.39, 0.29) is 5.57 Å². The van der Waals surface area contributed by atoms with E-state index in [2.05, 4.69) is 26.6 Å². The quantitative estimate of drug-likeness (QED) is 0.266. The summed E-state index contributed by atoms with van der Waals surface area (Å²) in [6.45, 7) is 0.612. The zero-order chi connectivity index (χ0) is 21.2. The summed E-state index contributed by atoms with van der Waals surface area (Å²) in [5, 5.41) is 15.0. The van der Waals surface area contributed by atoms with Crippen LogP contribution in [0.3, 0.4) is 0 Å². The average molecular weight is 462 g/mol. The largest absolute Gasteiger partial charge is 0.457 e. The highest BCUT2D eigenvalue weighted by atomic mass is 79.9. The molecule has 0 radical (unpaired) electrons. The Bertz CT molecular complexity index is 1060. The number of hydrogen-bond acceptors (Lipinski definition) is 4. The van der Waals surface area contributed by atoms with Crippen molar-refractivity contribution in [3.05, 3.63) is 101 Å². The van der Waals surface area contributed by atoms with Gasteiger partial charge in [-0.25, -0.2) is 0 Å². The molecule has 0 aromatic heterocycles. The van der Waals surface area contributed by atoms with Crippen LogP contribution >= 0.6 is 15.9 Å². The summed E-state index contributed by atoms with van der Waals surface area (Å²) in [5.74, 6) is 0.923. The van der Waals surface area contributed by atoms with Crippen LogP contribution in [0.1, 0.15) is 5.56 Å². The Hall–Kier alpha value is -3.56. The highest BCUT2D eigenvalue weighted by Gasteiger charge is 2.09. The Morgan fingerprint density at radius 1 is 1.00 bits per heavy atom. The molecular weight excluding hydrogens is 442 g/mol. The molecule has 0 heterocycles. The Kier molecular flexibility index (Phi) is 7.64. The lowest BCUT2D eigenvalue weighted by Gasteiger charge is -2.08. The molecule has 30 heavy (non-hydrogen) atoms. The van der Waals surface area contributed by atoms with Gasteiger partial charge in [-0.3, -0.25) is 4.79 Å². The van der Waals surface area contributed by atoms with Crippen LogP contribution in [0.15, 0.2) is 95.1 Å². The van der Waals surface area contributed by atoms with Crippen molar-refractivity contribution in [2.45, 2.75) is 6.42 Å². The van der Waals surface area contributed by atoms with Crippen molar-refractivity contribution in [1.29, 1.82) is 5.26 Å². The maximum absolute atomic E-state index is 12.3. The molecular formula is C24H20BrN3O2. The van der Waals surface area contributed by atoms with Crippen molar-refractivity contribution in [2.24, 2.45) is 0 Å². The van der Waals surface area contributed by atoms with Gasteiger partial charge in [0.05, 0.1) is 0 Å². The number of nitrogens with one attached hydrogen (secondary N) is 2. The molecule has 0 aliphatic heterocycles. The summed E-state index contributed by atoms with van der Waals surface area (Å²) in [6.07, 6.45) is 2.22. The number of ether oxygens (including phenoxy) is 1. The first-order chi connectivity index (χ1) is 14.6. The number of benzene rings is 3. The molecule has 150 valence electrons. The van der Waals surface area contributed by atoms with Gasteiger partial charge in [-0.2, -0.15) is 5.26 Å². The van der Waals surface area contributed by atoms with E-state index < -0.39 is 5.91 Å². The molecule has 1 amide bonds. The maximum atomic E-state index is 12.3. The molecule has 3 rings (SSSR count). The van der Waals surface area contributed by atoms with E-state index in [1.165, 1.54) is 6.20 Å². The van der Waals surface area contributed by atoms with E-state index in [0.717, 1.165) is 22.2 Å². The molecule has 5 nitrogen and oxygen atoms in total. The van der Waals surface area contributed by atoms with Crippen LogP contribution in [-0.2, 0) is 11.2 Å². The minimum atomic E-state index is -0.468. The number of halogens is 1. The zero-order valence-corrected chi connectivity index (χ0v) is 17.7. The predicted molar refractivity (Wildman–Crippen MR) is 121 cm³/mol. The van der Waals surface area contributed by atoms with Gasteiger partial charge < -0.3 is 15.4 Å². The predicted octanol–water partition coefficient (Wildman–Crippen LogP) is 5.42. The second-order valence-corrected chi connectivity index (χ2v) is 7.31. The smallest absolute Gasteiger partial charge is 0.267 e. The van der Waals surface area contributed by atoms with Gasteiger partial charge in [-0.15, -0.1) is 0 Å². The third-order valence-electron chi connectivity index (χ3n) is 4.15. The van der Waals surface area contributed by atoms with Gasteiger partial charge in [0, 0.05) is 22.9 Å². The maximum Gasteiger partial charge on any atom is 0.267 e. The number of rotatable bonds is 8. The molecule has 0 unspecified atom stereocenters. The van der Waals surface area contributed by atoms with E-state index in [4.69, 9.17) is 4.74 Å². The normalized spacial score (nSPS) is 10.7. The van der Waals surface area contributed by atoms with Crippen LogP contribution in [-0.4, -0.2) is 12.5 Å². The third kappa shape index (κ3) is 6.50. The van der Waals surface area contributed by atoms with Gasteiger partial charge in [-0.05, 0) is 60.5 Å². The van der Waals surface area contributed by atoms with Gasteiger partial charge in [-0.1, -0.05) is 46.3 Å². The van der Waals surface area contributed by atoms with E-state index in [1.807, 2.05) is 60.7 Å². The number of para-hydroxylation sites is 1. The zero-order valence-electron chi connectivity index (χ0n) is 16.1. The lowest BCUT2D eigenvalue weighted by molar-refractivity contribution is -0.112. The fourth-order valence-corrected chi connectivity index (χ4v) is 3.11. The van der Waals surface area contributed by atoms with E-state index >= 15 is 0 Å². The Morgan fingerprint density at radius 2 is 1.73 bits per heavy atom. The molecule has 0 bridgehead atoms. The molecule has 3 aromatic carbocycles. The summed E-state index contributed by atoms with van der Waals surface area (Å²) < 4.78 is 6.75. The van der Waals surface area contributed by atoms with Crippen molar-refractivity contribution in [2.75, 3.05) is 11.9 Å². The van der Waals surface area contributed by atoms with Crippen molar-refractivity contribution >= 4 is 27.5 Å². The summed E-state index contributed by atoms with van der Waals surface area (Å²) in [4.78, 5) is 12.3. The minimum Gasteiger partial charge on any atom is -0.457 e. The molecule has 3 aromatic rings. The summed E-state index contributed by atoms with van der Waals surface area (Å²) in [7, 11) is 0. The summed E-state index contributed by atoms with van der Waals surface area (Å²) in [6, 6.07) is 26.3. The number of amides is 1. The SMILES string of the molecule is N#C/C(=C/NCCc1cccc(Br)c1)C(=O)Nc1ccc(Oc2ccccc2)cc1. The number of anilines is 1. The molecule has 0 atom stereocenters. The number of carbonyl (C=O) groups excluding carboxylic acids is 1. The van der Waals surface area contributed by atoms with Gasteiger partial charge in [0.25, 0.3) is 5.91 Å². The number of hydrogen-bond donors (Lipinski definition) is 2. The van der Waals surface area contributed by atoms with Crippen molar-refractivity contribution in [1.82, 2.24) is 5.32 Å². The number of nitriles is 1. The Labute approximate surface area is 184 Å². The van der Waals surface area contributed by atoms with Crippen LogP contribution < -0.4 is 15.4 Å². The summed E-state index contributed by atoms with van der Waals surface area (Å²) in [5.41, 5.74) is 1.75. The molecule has 2 N–H and O–H groups in total. The third-order valence-corrected chi connectivity index (χ3v) is 4.64. The van der Waals surface area contributed by atoms with Crippen LogP contribution in [0.5, 0.6) is 11.5 Å². The van der Waals surface area contributed by atoms with Crippen LogP contribution in [0.2, 0.25) is 0 Å². The van der Waals surface area contributed by atoms with Crippen LogP contribution in [0.4, 0.5) is 5.69 Å². The van der Waals surface area contributed by atoms with Crippen molar-refractivity contribution in [3.8, 4) is 17.6 Å². The Morgan fingerprint density at radius 3 is 2.43 bits per heavy atom. The molecule has 0 fully saturated rings. The van der Waals surface area contributed by atoms with Gasteiger partial charge in [0.1, 0.15) is 23.1 Å². The minimum absolute atomic E-state index is 0.00820. The standard InChI is InChI=1S/C24H20BrN3O2/c25-20-6-4-5-18(15-20)13-14-27-17-19(16-26)24(29)28-21-9-11-23(12-10-21)30-22-7-2-1-3-8-22/h1-12,15,17,27H,13-14H2,(H,28,29)/b19-17-. The lowest BCUT2D eigenvalue weighted by Crippen LogP contribution is -2.18. The topological polar surface area (TPSA) is 74.2 Å². The summed E-state index contributed by atoms with van der Waals surface area (Å²) >= 11 is 3.44. The molecule has 0 aliphatic rings. The number of nitrogens with zero attached hydrogens (tertiary/aromatic N) is 1. The average Bonchev–Trinajstić information content (AvgIpc) is 2.76. The van der Waals surface area contributed by atoms with Gasteiger partial charge >= 0.3 is 0 Å². The first kappa shape index (κ1) is 21.2. The Balaban J connectivity index is 1.51. The first-order valence-corrected chi connectivity index (χ1v) is 10.2. The van der Waals surface area contributed by atoms with Gasteiger partial charge in [0.2, 0.25) is 0 Å². The molecule has 0 saturated carbocycles. The van der Waals surface area contributed by atoms with Crippen LogP contribution in [0, 0.1) is 11.3 Å². The molecule has 6 heteroatoms. The monoisotopic (exact) mass is 461 g/mol. The highest BCUT2D eigenvalue weighted by Crippen LogP contribution is 2.22. The second-order valence-electron chi connectivity index (χ2n) is 6.40. The molecule has 0 aliphatic carbocycles.